The van der Waals surface area contributed by atoms with E-state index in [0.717, 1.165) is 26.1 Å². The van der Waals surface area contributed by atoms with Crippen LogP contribution >= 0.6 is 0 Å². The van der Waals surface area contributed by atoms with Gasteiger partial charge in [-0.25, -0.2) is 5.32 Å². The van der Waals surface area contributed by atoms with Crippen molar-refractivity contribution < 1.29 is 0 Å². The van der Waals surface area contributed by atoms with Crippen molar-refractivity contribution in [3.05, 3.63) is 35.9 Å². The number of rotatable bonds is 3. The van der Waals surface area contributed by atoms with Crippen LogP contribution in [0.2, 0.25) is 0 Å². The number of nitrogens with zero attached hydrogens (tertiary/aromatic N) is 2. The Morgan fingerprint density at radius 1 is 1.31 bits per heavy atom. The quantitative estimate of drug-likeness (QED) is 0.809. The lowest BCUT2D eigenvalue weighted by molar-refractivity contribution is 0.0841. The lowest BCUT2D eigenvalue weighted by Gasteiger charge is -2.42. The van der Waals surface area contributed by atoms with E-state index in [-0.39, 0.29) is 5.66 Å². The number of hydrogen-bond acceptors (Lipinski definition) is 2. The molecular weight excluding hydrogens is 198 g/mol. The summed E-state index contributed by atoms with van der Waals surface area (Å²) in [7, 11) is 4.22. The fourth-order valence-electron chi connectivity index (χ4n) is 2.19. The first kappa shape index (κ1) is 11.6. The maximum atomic E-state index is 4.82. The van der Waals surface area contributed by atoms with Crippen molar-refractivity contribution in [2.24, 2.45) is 0 Å². The maximum Gasteiger partial charge on any atom is 0.103 e. The van der Waals surface area contributed by atoms with Crippen molar-refractivity contribution in [1.82, 2.24) is 15.5 Å². The molecule has 0 saturated carbocycles. The molecule has 1 aromatic carbocycles. The second-order valence-electron chi connectivity index (χ2n) is 4.60. The molecule has 87 valence electrons. The molecule has 1 unspecified atom stereocenters. The SMILES string of the molecule is CN(C)C1(Cc2ccccc2)CNCC[N]1. The monoisotopic (exact) mass is 218 g/mol. The Bertz CT molecular complexity index is 315. The third kappa shape index (κ3) is 2.43. The highest BCUT2D eigenvalue weighted by atomic mass is 15.3. The highest BCUT2D eigenvalue weighted by Gasteiger charge is 2.35. The first-order valence-electron chi connectivity index (χ1n) is 5.84. The van der Waals surface area contributed by atoms with Crippen molar-refractivity contribution in [2.75, 3.05) is 33.7 Å². The van der Waals surface area contributed by atoms with E-state index in [0.29, 0.717) is 0 Å². The summed E-state index contributed by atoms with van der Waals surface area (Å²) in [5.74, 6) is 0. The Labute approximate surface area is 97.8 Å². The van der Waals surface area contributed by atoms with Gasteiger partial charge in [0.2, 0.25) is 0 Å². The molecule has 1 atom stereocenters. The molecule has 2 rings (SSSR count). The number of benzene rings is 1. The van der Waals surface area contributed by atoms with Crippen LogP contribution in [0.25, 0.3) is 0 Å². The molecule has 0 amide bonds. The van der Waals surface area contributed by atoms with Gasteiger partial charge in [0.1, 0.15) is 5.66 Å². The Balaban J connectivity index is 2.14. The van der Waals surface area contributed by atoms with Crippen LogP contribution < -0.4 is 10.6 Å². The summed E-state index contributed by atoms with van der Waals surface area (Å²) < 4.78 is 0. The molecule has 1 heterocycles. The van der Waals surface area contributed by atoms with E-state index in [9.17, 15) is 0 Å². The third-order valence-corrected chi connectivity index (χ3v) is 3.27. The van der Waals surface area contributed by atoms with E-state index in [2.05, 4.69) is 54.6 Å². The average Bonchev–Trinajstić information content (AvgIpc) is 2.31. The number of likely N-dealkylation sites (N-methyl/N-ethyl adjacent to an activating group) is 1. The summed E-state index contributed by atoms with van der Waals surface area (Å²) in [5, 5.41) is 8.26. The average molecular weight is 218 g/mol. The summed E-state index contributed by atoms with van der Waals surface area (Å²) in [5.41, 5.74) is 1.28. The predicted molar refractivity (Wildman–Crippen MR) is 66.4 cm³/mol. The minimum absolute atomic E-state index is 0.0698. The Morgan fingerprint density at radius 3 is 2.62 bits per heavy atom. The highest BCUT2D eigenvalue weighted by Crippen LogP contribution is 2.18. The molecule has 0 aliphatic carbocycles. The largest absolute Gasteiger partial charge is 0.312 e. The van der Waals surface area contributed by atoms with Gasteiger partial charge in [-0.15, -0.1) is 0 Å². The van der Waals surface area contributed by atoms with Crippen LogP contribution in [-0.2, 0) is 6.42 Å². The van der Waals surface area contributed by atoms with Crippen molar-refractivity contribution >= 4 is 0 Å². The summed E-state index contributed by atoms with van der Waals surface area (Å²) >= 11 is 0. The molecule has 0 aromatic heterocycles. The molecule has 1 aromatic rings. The summed E-state index contributed by atoms with van der Waals surface area (Å²) in [6, 6.07) is 10.6. The lowest BCUT2D eigenvalue weighted by Crippen LogP contribution is -2.64. The maximum absolute atomic E-state index is 4.82. The zero-order valence-corrected chi connectivity index (χ0v) is 10.1. The zero-order valence-electron chi connectivity index (χ0n) is 10.1. The molecule has 0 spiro atoms. The molecular formula is C13H20N3. The van der Waals surface area contributed by atoms with Crippen LogP contribution in [0.3, 0.4) is 0 Å². The second-order valence-corrected chi connectivity index (χ2v) is 4.60. The molecule has 1 radical (unpaired) electrons. The van der Waals surface area contributed by atoms with Gasteiger partial charge in [0.05, 0.1) is 0 Å². The normalized spacial score (nSPS) is 25.9. The molecule has 1 aliphatic heterocycles. The van der Waals surface area contributed by atoms with Gasteiger partial charge in [0.25, 0.3) is 0 Å². The van der Waals surface area contributed by atoms with Crippen LogP contribution in [0.4, 0.5) is 0 Å². The van der Waals surface area contributed by atoms with Gasteiger partial charge in [-0.3, -0.25) is 4.90 Å². The minimum atomic E-state index is -0.0698. The molecule has 1 aliphatic rings. The van der Waals surface area contributed by atoms with E-state index >= 15 is 0 Å². The van der Waals surface area contributed by atoms with Gasteiger partial charge in [-0.2, -0.15) is 0 Å². The van der Waals surface area contributed by atoms with Crippen molar-refractivity contribution in [3.8, 4) is 0 Å². The number of piperazine rings is 1. The molecule has 3 heteroatoms. The van der Waals surface area contributed by atoms with Crippen LogP contribution in [0.15, 0.2) is 30.3 Å². The molecule has 1 fully saturated rings. The number of nitrogens with one attached hydrogen (secondary N) is 1. The second kappa shape index (κ2) is 4.95. The van der Waals surface area contributed by atoms with Crippen LogP contribution in [0.1, 0.15) is 5.56 Å². The van der Waals surface area contributed by atoms with Gasteiger partial charge in [0, 0.05) is 26.1 Å². The van der Waals surface area contributed by atoms with E-state index in [1.807, 2.05) is 0 Å². The molecule has 0 bridgehead atoms. The summed E-state index contributed by atoms with van der Waals surface area (Å²) in [6.07, 6.45) is 0.980. The van der Waals surface area contributed by atoms with Gasteiger partial charge < -0.3 is 5.32 Å². The summed E-state index contributed by atoms with van der Waals surface area (Å²) in [4.78, 5) is 2.23. The predicted octanol–water partition coefficient (Wildman–Crippen LogP) is 0.695. The van der Waals surface area contributed by atoms with Crippen LogP contribution in [0.5, 0.6) is 0 Å². The van der Waals surface area contributed by atoms with Gasteiger partial charge >= 0.3 is 0 Å². The lowest BCUT2D eigenvalue weighted by atomic mass is 9.96. The van der Waals surface area contributed by atoms with E-state index in [4.69, 9.17) is 5.32 Å². The standard InChI is InChI=1S/C13H20N3/c1-16(2)13(11-14-8-9-15-13)10-12-6-4-3-5-7-12/h3-7,14H,8-11H2,1-2H3. The Kier molecular flexibility index (Phi) is 3.59. The van der Waals surface area contributed by atoms with Crippen molar-refractivity contribution in [3.63, 3.8) is 0 Å². The van der Waals surface area contributed by atoms with Crippen LogP contribution in [-0.4, -0.2) is 44.3 Å². The Hall–Kier alpha value is -0.900. The first-order chi connectivity index (χ1) is 7.73. The molecule has 1 N–H and O–H groups in total. The van der Waals surface area contributed by atoms with Crippen molar-refractivity contribution in [1.29, 1.82) is 0 Å². The topological polar surface area (TPSA) is 29.4 Å². The number of hydrogen-bond donors (Lipinski definition) is 1. The van der Waals surface area contributed by atoms with Crippen LogP contribution in [0, 0.1) is 0 Å². The van der Waals surface area contributed by atoms with Gasteiger partial charge in [-0.05, 0) is 19.7 Å². The van der Waals surface area contributed by atoms with Crippen molar-refractivity contribution in [2.45, 2.75) is 12.1 Å². The van der Waals surface area contributed by atoms with E-state index < -0.39 is 0 Å². The molecule has 3 nitrogen and oxygen atoms in total. The fourth-order valence-corrected chi connectivity index (χ4v) is 2.19. The Morgan fingerprint density at radius 2 is 2.06 bits per heavy atom. The smallest absolute Gasteiger partial charge is 0.103 e. The van der Waals surface area contributed by atoms with Gasteiger partial charge in [-0.1, -0.05) is 30.3 Å². The highest BCUT2D eigenvalue weighted by molar-refractivity contribution is 5.18. The fraction of sp³-hybridized carbons (Fsp3) is 0.538. The van der Waals surface area contributed by atoms with E-state index in [1.54, 1.807) is 0 Å². The minimum Gasteiger partial charge on any atom is -0.312 e. The third-order valence-electron chi connectivity index (χ3n) is 3.27. The van der Waals surface area contributed by atoms with Gasteiger partial charge in [0.15, 0.2) is 0 Å². The molecule has 1 saturated heterocycles. The van der Waals surface area contributed by atoms with E-state index in [1.165, 1.54) is 5.56 Å². The molecule has 16 heavy (non-hydrogen) atoms. The first-order valence-corrected chi connectivity index (χ1v) is 5.84. The summed E-state index contributed by atoms with van der Waals surface area (Å²) in [6.45, 7) is 2.85. The zero-order chi connectivity index (χ0) is 11.4.